The van der Waals surface area contributed by atoms with Crippen molar-refractivity contribution in [3.8, 4) is 11.5 Å². The van der Waals surface area contributed by atoms with E-state index in [0.29, 0.717) is 31.1 Å². The minimum Gasteiger partial charge on any atom is -0.504 e. The third kappa shape index (κ3) is 2.99. The summed E-state index contributed by atoms with van der Waals surface area (Å²) in [5, 5.41) is 26.6. The number of benzene rings is 2. The van der Waals surface area contributed by atoms with Crippen molar-refractivity contribution in [3.63, 3.8) is 0 Å². The first kappa shape index (κ1) is 24.7. The van der Waals surface area contributed by atoms with Gasteiger partial charge in [0.1, 0.15) is 11.7 Å². The highest BCUT2D eigenvalue weighted by atomic mass is 16.5. The number of aliphatic hydroxyl groups is 1. The zero-order chi connectivity index (χ0) is 27.4. The molecule has 8 nitrogen and oxygen atoms in total. The van der Waals surface area contributed by atoms with E-state index in [0.717, 1.165) is 42.6 Å². The number of phenols is 1. The fourth-order valence-corrected chi connectivity index (χ4v) is 9.68. The Kier molecular flexibility index (Phi) is 5.08. The monoisotopic (exact) mass is 543 g/mol. The molecule has 5 fully saturated rings. The topological polar surface area (TPSA) is 102 Å². The number of ether oxygens (including phenoxy) is 1. The summed E-state index contributed by atoms with van der Waals surface area (Å²) in [4.78, 5) is 31.8. The van der Waals surface area contributed by atoms with E-state index >= 15 is 0 Å². The minimum atomic E-state index is -1.42. The molecular weight excluding hydrogens is 506 g/mol. The van der Waals surface area contributed by atoms with Crippen molar-refractivity contribution >= 4 is 11.8 Å². The van der Waals surface area contributed by atoms with Crippen LogP contribution < -0.4 is 10.1 Å². The molecule has 0 unspecified atom stereocenters. The average molecular weight is 544 g/mol. The summed E-state index contributed by atoms with van der Waals surface area (Å²) in [6.07, 6.45) is 4.52. The summed E-state index contributed by atoms with van der Waals surface area (Å²) in [5.41, 5.74) is 0.503. The summed E-state index contributed by atoms with van der Waals surface area (Å²) < 4.78 is 6.65. The third-order valence-corrected chi connectivity index (χ3v) is 11.2. The second kappa shape index (κ2) is 8.23. The lowest BCUT2D eigenvalue weighted by Gasteiger charge is -2.76. The van der Waals surface area contributed by atoms with Crippen LogP contribution in [-0.2, 0) is 28.0 Å². The number of carbonyl (C=O) groups is 2. The van der Waals surface area contributed by atoms with Crippen molar-refractivity contribution in [1.82, 2.24) is 15.1 Å². The van der Waals surface area contributed by atoms with Gasteiger partial charge < -0.3 is 25.2 Å². The van der Waals surface area contributed by atoms with E-state index in [1.807, 2.05) is 41.3 Å². The minimum absolute atomic E-state index is 0.00509. The first-order valence-electron chi connectivity index (χ1n) is 14.9. The summed E-state index contributed by atoms with van der Waals surface area (Å²) in [7, 11) is 0. The smallest absolute Gasteiger partial charge is 0.222 e. The van der Waals surface area contributed by atoms with Crippen LogP contribution in [0.4, 0.5) is 0 Å². The van der Waals surface area contributed by atoms with Gasteiger partial charge in [-0.2, -0.15) is 0 Å². The molecule has 0 aromatic heterocycles. The fourth-order valence-electron chi connectivity index (χ4n) is 9.68. The van der Waals surface area contributed by atoms with Crippen LogP contribution in [-0.4, -0.2) is 74.2 Å². The molecule has 2 amide bonds. The van der Waals surface area contributed by atoms with Gasteiger partial charge in [-0.1, -0.05) is 36.4 Å². The zero-order valence-corrected chi connectivity index (χ0v) is 22.9. The molecule has 4 aliphatic heterocycles. The Morgan fingerprint density at radius 2 is 1.90 bits per heavy atom. The largest absolute Gasteiger partial charge is 0.504 e. The highest BCUT2D eigenvalue weighted by molar-refractivity contribution is 5.82. The van der Waals surface area contributed by atoms with Crippen molar-refractivity contribution in [3.05, 3.63) is 59.2 Å². The SMILES string of the molecule is CC(=O)N1[C@@H](CC(=O)NCc2ccccc2)[C@]2(O)CC[C@]13[C@H]1Cc4ccc(O)c5c4[C@@]3(CCN1CC1CC1)[C@H]2O5. The summed E-state index contributed by atoms with van der Waals surface area (Å²) in [6.45, 7) is 3.88. The maximum atomic E-state index is 13.8. The van der Waals surface area contributed by atoms with Crippen LogP contribution in [0.5, 0.6) is 11.5 Å². The molecule has 4 bridgehead atoms. The van der Waals surface area contributed by atoms with Crippen molar-refractivity contribution < 1.29 is 24.5 Å². The second-order valence-corrected chi connectivity index (χ2v) is 13.1. The lowest BCUT2D eigenvalue weighted by atomic mass is 9.40. The van der Waals surface area contributed by atoms with Crippen LogP contribution in [0.1, 0.15) is 62.1 Å². The van der Waals surface area contributed by atoms with Gasteiger partial charge in [-0.25, -0.2) is 0 Å². The number of phenolic OH excluding ortho intramolecular Hbond substituents is 1. The predicted molar refractivity (Wildman–Crippen MR) is 147 cm³/mol. The second-order valence-electron chi connectivity index (χ2n) is 13.1. The number of hydrogen-bond donors (Lipinski definition) is 3. The number of piperidine rings is 3. The molecule has 3 saturated heterocycles. The Balaban J connectivity index is 1.24. The molecule has 0 radical (unpaired) electrons. The van der Waals surface area contributed by atoms with E-state index in [1.54, 1.807) is 13.0 Å². The Hall–Kier alpha value is -3.10. The van der Waals surface area contributed by atoms with Crippen molar-refractivity contribution in [2.24, 2.45) is 5.92 Å². The van der Waals surface area contributed by atoms with Crippen LogP contribution in [0, 0.1) is 5.92 Å². The predicted octanol–water partition coefficient (Wildman–Crippen LogP) is 2.63. The maximum Gasteiger partial charge on any atom is 0.222 e. The van der Waals surface area contributed by atoms with Gasteiger partial charge in [0.05, 0.1) is 23.4 Å². The van der Waals surface area contributed by atoms with Crippen LogP contribution in [0.3, 0.4) is 0 Å². The van der Waals surface area contributed by atoms with E-state index in [-0.39, 0.29) is 30.0 Å². The van der Waals surface area contributed by atoms with E-state index in [1.165, 1.54) is 12.8 Å². The lowest BCUT2D eigenvalue weighted by molar-refractivity contribution is -0.284. The molecule has 40 heavy (non-hydrogen) atoms. The highest BCUT2D eigenvalue weighted by Gasteiger charge is 2.83. The molecule has 2 aromatic rings. The van der Waals surface area contributed by atoms with E-state index in [9.17, 15) is 19.8 Å². The summed E-state index contributed by atoms with van der Waals surface area (Å²) in [6, 6.07) is 12.8. The standard InChI is InChI=1S/C32H37N3O5/c1-19(36)35-24(16-26(38)33-17-20-5-3-2-4-6-20)31(39)11-12-32(35)25-15-22-9-10-23(37)28-27(22)30(32,29(31)40-28)13-14-34(25)18-21-7-8-21/h2-6,9-10,21,24-25,29,37,39H,7-8,11-18H2,1H3,(H,33,38)/t24-,25+,29+,30-,31+,32+/m0/s1. The average Bonchev–Trinajstić information content (AvgIpc) is 3.68. The number of hydrogen-bond acceptors (Lipinski definition) is 6. The van der Waals surface area contributed by atoms with Gasteiger partial charge in [0, 0.05) is 31.6 Å². The van der Waals surface area contributed by atoms with Crippen LogP contribution in [0.15, 0.2) is 42.5 Å². The van der Waals surface area contributed by atoms with Crippen molar-refractivity contribution in [2.75, 3.05) is 13.1 Å². The number of aromatic hydroxyl groups is 1. The fraction of sp³-hybridized carbons (Fsp3) is 0.562. The van der Waals surface area contributed by atoms with Crippen molar-refractivity contribution in [1.29, 1.82) is 0 Å². The van der Waals surface area contributed by atoms with Gasteiger partial charge in [-0.05, 0) is 68.2 Å². The molecule has 3 N–H and O–H groups in total. The molecular formula is C32H37N3O5. The van der Waals surface area contributed by atoms with Gasteiger partial charge in [0.25, 0.3) is 0 Å². The number of likely N-dealkylation sites (tertiary alicyclic amines) is 1. The van der Waals surface area contributed by atoms with Gasteiger partial charge in [-0.3, -0.25) is 14.5 Å². The number of rotatable bonds is 6. The molecule has 3 aliphatic carbocycles. The zero-order valence-electron chi connectivity index (χ0n) is 22.9. The molecule has 2 saturated carbocycles. The number of nitrogens with zero attached hydrogens (tertiary/aromatic N) is 2. The number of fused-ring (bicyclic) bond motifs is 2. The molecule has 7 aliphatic rings. The van der Waals surface area contributed by atoms with Gasteiger partial charge in [0.2, 0.25) is 11.8 Å². The molecule has 210 valence electrons. The molecule has 9 rings (SSSR count). The van der Waals surface area contributed by atoms with Crippen LogP contribution >= 0.6 is 0 Å². The highest BCUT2D eigenvalue weighted by Crippen LogP contribution is 2.72. The molecule has 8 heteroatoms. The van der Waals surface area contributed by atoms with Gasteiger partial charge >= 0.3 is 0 Å². The lowest BCUT2D eigenvalue weighted by Crippen LogP contribution is -2.92. The first-order valence-corrected chi connectivity index (χ1v) is 14.9. The Bertz CT molecular complexity index is 1410. The van der Waals surface area contributed by atoms with Gasteiger partial charge in [0.15, 0.2) is 11.5 Å². The van der Waals surface area contributed by atoms with Gasteiger partial charge in [-0.15, -0.1) is 0 Å². The Morgan fingerprint density at radius 1 is 1.10 bits per heavy atom. The van der Waals surface area contributed by atoms with Crippen LogP contribution in [0.2, 0.25) is 0 Å². The maximum absolute atomic E-state index is 13.8. The van der Waals surface area contributed by atoms with E-state index < -0.39 is 28.7 Å². The summed E-state index contributed by atoms with van der Waals surface area (Å²) in [5.74, 6) is 0.964. The molecule has 2 spiro atoms. The Labute approximate surface area is 234 Å². The Morgan fingerprint density at radius 3 is 2.65 bits per heavy atom. The van der Waals surface area contributed by atoms with Crippen molar-refractivity contribution in [2.45, 2.75) is 93.2 Å². The summed E-state index contributed by atoms with van der Waals surface area (Å²) >= 11 is 0. The van der Waals surface area contributed by atoms with Crippen LogP contribution in [0.25, 0.3) is 0 Å². The molecule has 4 heterocycles. The first-order chi connectivity index (χ1) is 19.3. The normalized spacial score (nSPS) is 36.6. The van der Waals surface area contributed by atoms with E-state index in [4.69, 9.17) is 4.74 Å². The van der Waals surface area contributed by atoms with E-state index in [2.05, 4.69) is 10.2 Å². The molecule has 2 aromatic carbocycles. The quantitative estimate of drug-likeness (QED) is 0.518. The number of amides is 2. The third-order valence-electron chi connectivity index (χ3n) is 11.2. The number of nitrogens with one attached hydrogen (secondary N) is 1. The number of carbonyl (C=O) groups excluding carboxylic acids is 2. The molecule has 6 atom stereocenters.